The Morgan fingerprint density at radius 3 is 1.25 bits per heavy atom. The van der Waals surface area contributed by atoms with Gasteiger partial charge in [0, 0.05) is 17.1 Å². The molecule has 0 aliphatic rings. The molecule has 2 heteroatoms. The summed E-state index contributed by atoms with van der Waals surface area (Å²) in [4.78, 5) is 0. The van der Waals surface area contributed by atoms with Crippen LogP contribution in [0, 0.1) is 6.92 Å². The Balaban J connectivity index is -0.00000000500. The average molecular weight is 132 g/mol. The molecule has 0 aliphatic carbocycles. The van der Waals surface area contributed by atoms with Crippen molar-refractivity contribution < 1.29 is 68.5 Å². The molecule has 0 unspecified atom stereocenters. The van der Waals surface area contributed by atoms with Gasteiger partial charge in [-0.05, 0) is 0 Å². The van der Waals surface area contributed by atoms with Gasteiger partial charge in [-0.2, -0.15) is 6.92 Å². The zero-order chi connectivity index (χ0) is 2.00. The fraction of sp³-hybridized carbons (Fsp3) is 0.500. The molecule has 25 valence electrons. The molecule has 0 rings (SSSR count). The Kier molecular flexibility index (Phi) is 78.7. The molecule has 0 saturated carbocycles. The van der Waals surface area contributed by atoms with Gasteiger partial charge in [-0.3, -0.25) is 0 Å². The van der Waals surface area contributed by atoms with E-state index in [1.807, 2.05) is 0 Å². The molecule has 0 spiro atoms. The van der Waals surface area contributed by atoms with Crippen LogP contribution >= 0.6 is 0 Å². The van der Waals surface area contributed by atoms with E-state index in [1.54, 1.807) is 6.92 Å². The van der Waals surface area contributed by atoms with Crippen LogP contribution in [0.5, 0.6) is 0 Å². The van der Waals surface area contributed by atoms with Crippen molar-refractivity contribution in [2.75, 3.05) is 0 Å². The summed E-state index contributed by atoms with van der Waals surface area (Å²) in [6, 6.07) is 0. The molecule has 0 saturated heterocycles. The van der Waals surface area contributed by atoms with E-state index in [0.29, 0.717) is 0 Å². The fourth-order valence-corrected chi connectivity index (χ4v) is 0. The van der Waals surface area contributed by atoms with Crippen LogP contribution in [-0.2, 0) is 17.1 Å². The third-order valence-electron chi connectivity index (χ3n) is 0. The second-order valence-electron chi connectivity index (χ2n) is 0. The van der Waals surface area contributed by atoms with E-state index in [4.69, 9.17) is 0 Å². The van der Waals surface area contributed by atoms with Crippen LogP contribution in [0.4, 0.5) is 0 Å². The second-order valence-corrected chi connectivity index (χ2v) is 0. The summed E-state index contributed by atoms with van der Waals surface area (Å²) in [5, 5.41) is 0. The SMILES string of the molecule is [CH2-]C.[Cu].[K+]. The molecule has 4 heavy (non-hydrogen) atoms. The molecule has 0 amide bonds. The van der Waals surface area contributed by atoms with Crippen LogP contribution < -0.4 is 51.4 Å². The molecule has 0 heterocycles. The molecule has 0 bridgehead atoms. The number of hydrogen-bond acceptors (Lipinski definition) is 0. The largest absolute Gasteiger partial charge is 1.00 e. The maximum atomic E-state index is 3.25. The molecule has 0 aromatic heterocycles. The third-order valence-corrected chi connectivity index (χ3v) is 0. The Bertz CT molecular complexity index is 6.00. The van der Waals surface area contributed by atoms with Gasteiger partial charge in [0.15, 0.2) is 0 Å². The topological polar surface area (TPSA) is 0 Å². The maximum Gasteiger partial charge on any atom is 1.00 e. The first-order valence-electron chi connectivity index (χ1n) is 0.707. The van der Waals surface area contributed by atoms with E-state index in [9.17, 15) is 0 Å². The monoisotopic (exact) mass is 131 g/mol. The third kappa shape index (κ3) is 8.91. The summed E-state index contributed by atoms with van der Waals surface area (Å²) in [5.74, 6) is 0. The van der Waals surface area contributed by atoms with Gasteiger partial charge < -0.3 is 6.92 Å². The van der Waals surface area contributed by atoms with Crippen molar-refractivity contribution >= 4 is 0 Å². The Labute approximate surface area is 80.6 Å². The van der Waals surface area contributed by atoms with Gasteiger partial charge in [-0.25, -0.2) is 0 Å². The van der Waals surface area contributed by atoms with Gasteiger partial charge in [0.1, 0.15) is 0 Å². The number of rotatable bonds is 0. The molecular weight excluding hydrogens is 127 g/mol. The van der Waals surface area contributed by atoms with Crippen molar-refractivity contribution in [2.24, 2.45) is 0 Å². The predicted octanol–water partition coefficient (Wildman–Crippen LogP) is -2.16. The van der Waals surface area contributed by atoms with Crippen molar-refractivity contribution in [2.45, 2.75) is 6.92 Å². The van der Waals surface area contributed by atoms with Gasteiger partial charge >= 0.3 is 51.4 Å². The van der Waals surface area contributed by atoms with E-state index >= 15 is 0 Å². The molecule has 0 atom stereocenters. The summed E-state index contributed by atoms with van der Waals surface area (Å²) in [7, 11) is 0. The smallest absolute Gasteiger partial charge is 0.346 e. The quantitative estimate of drug-likeness (QED) is 0.260. The van der Waals surface area contributed by atoms with Crippen molar-refractivity contribution in [3.63, 3.8) is 0 Å². The Hall–Kier alpha value is 2.16. The van der Waals surface area contributed by atoms with Crippen LogP contribution in [0.2, 0.25) is 0 Å². The van der Waals surface area contributed by atoms with Crippen LogP contribution in [0.25, 0.3) is 0 Å². The fourth-order valence-electron chi connectivity index (χ4n) is 0. The maximum absolute atomic E-state index is 3.25. The van der Waals surface area contributed by atoms with Gasteiger partial charge in [0.25, 0.3) is 0 Å². The first-order chi connectivity index (χ1) is 1.00. The summed E-state index contributed by atoms with van der Waals surface area (Å²) < 4.78 is 0. The van der Waals surface area contributed by atoms with Crippen molar-refractivity contribution in [1.29, 1.82) is 0 Å². The van der Waals surface area contributed by atoms with Gasteiger partial charge in [0.05, 0.1) is 0 Å². The standard InChI is InChI=1S/C2H5.Cu.K/c1-2;;/h1H2,2H3;;/q-1;;+1. The van der Waals surface area contributed by atoms with Crippen LogP contribution in [0.3, 0.4) is 0 Å². The van der Waals surface area contributed by atoms with E-state index < -0.39 is 0 Å². The van der Waals surface area contributed by atoms with Gasteiger partial charge in [-0.1, -0.05) is 0 Å². The van der Waals surface area contributed by atoms with Gasteiger partial charge in [0.2, 0.25) is 0 Å². The summed E-state index contributed by atoms with van der Waals surface area (Å²) in [5.41, 5.74) is 0. The molecule has 1 radical (unpaired) electrons. The molecule has 0 aromatic rings. The molecule has 0 fully saturated rings. The van der Waals surface area contributed by atoms with Crippen LogP contribution in [-0.4, -0.2) is 0 Å². The van der Waals surface area contributed by atoms with E-state index in [-0.39, 0.29) is 68.5 Å². The summed E-state index contributed by atoms with van der Waals surface area (Å²) in [6.45, 7) is 5.00. The zero-order valence-electron chi connectivity index (χ0n) is 3.01. The van der Waals surface area contributed by atoms with Crippen molar-refractivity contribution in [3.05, 3.63) is 6.92 Å². The summed E-state index contributed by atoms with van der Waals surface area (Å²) >= 11 is 0. The summed E-state index contributed by atoms with van der Waals surface area (Å²) in [6.07, 6.45) is 0. The molecule has 0 nitrogen and oxygen atoms in total. The first-order valence-corrected chi connectivity index (χ1v) is 0.707. The number of hydrogen-bond donors (Lipinski definition) is 0. The minimum atomic E-state index is 0. The molecule has 0 N–H and O–H groups in total. The normalized spacial score (nSPS) is 1.50. The van der Waals surface area contributed by atoms with Crippen molar-refractivity contribution in [1.82, 2.24) is 0 Å². The minimum Gasteiger partial charge on any atom is -0.346 e. The molecular formula is C2H5CuK. The Morgan fingerprint density at radius 1 is 1.25 bits per heavy atom. The van der Waals surface area contributed by atoms with Gasteiger partial charge in [-0.15, -0.1) is 0 Å². The second kappa shape index (κ2) is 19.2. The van der Waals surface area contributed by atoms with Crippen LogP contribution in [0.15, 0.2) is 0 Å². The first kappa shape index (κ1) is 16.4. The van der Waals surface area contributed by atoms with Crippen LogP contribution in [0.1, 0.15) is 6.92 Å². The molecule has 0 aromatic carbocycles. The van der Waals surface area contributed by atoms with E-state index in [0.717, 1.165) is 0 Å². The average Bonchev–Trinajstić information content (AvgIpc) is 1.00. The zero-order valence-corrected chi connectivity index (χ0v) is 7.07. The van der Waals surface area contributed by atoms with Crippen molar-refractivity contribution in [3.8, 4) is 0 Å². The van der Waals surface area contributed by atoms with E-state index in [1.165, 1.54) is 0 Å². The van der Waals surface area contributed by atoms with E-state index in [2.05, 4.69) is 6.92 Å². The minimum absolute atomic E-state index is 0. The Morgan fingerprint density at radius 2 is 1.25 bits per heavy atom. The predicted molar refractivity (Wildman–Crippen MR) is 11.0 cm³/mol. The molecule has 0 aliphatic heterocycles.